The average Bonchev–Trinajstić information content (AvgIpc) is 2.87. The molecule has 1 aliphatic carbocycles. The standard InChI is InChI=1S/C25H34N6O4/c1-18-15-20(31(34-3)25(33)28-23(32)19-7-5-4-6-8-19)9-10-22(18)35-21-16-26-24(27-17-21)30-13-11-29(2)12-14-30/h9-10,15-17,19H,4-8,11-14H2,1-3H3,(H,28,32,33). The summed E-state index contributed by atoms with van der Waals surface area (Å²) < 4.78 is 5.98. The topological polar surface area (TPSA) is 100 Å². The van der Waals surface area contributed by atoms with Crippen molar-refractivity contribution in [2.45, 2.75) is 39.0 Å². The van der Waals surface area contributed by atoms with Gasteiger partial charge in [0, 0.05) is 32.1 Å². The number of imide groups is 1. The first-order chi connectivity index (χ1) is 16.9. The van der Waals surface area contributed by atoms with Crippen molar-refractivity contribution in [1.29, 1.82) is 0 Å². The normalized spacial score (nSPS) is 17.2. The van der Waals surface area contributed by atoms with Gasteiger partial charge < -0.3 is 14.5 Å². The van der Waals surface area contributed by atoms with Crippen molar-refractivity contribution in [1.82, 2.24) is 20.2 Å². The third kappa shape index (κ3) is 6.26. The van der Waals surface area contributed by atoms with E-state index in [4.69, 9.17) is 9.57 Å². The van der Waals surface area contributed by atoms with Crippen molar-refractivity contribution in [3.05, 3.63) is 36.2 Å². The van der Waals surface area contributed by atoms with E-state index in [0.717, 1.165) is 68.9 Å². The number of urea groups is 1. The molecule has 0 atom stereocenters. The largest absolute Gasteiger partial charge is 0.454 e. The zero-order chi connectivity index (χ0) is 24.8. The Morgan fingerprint density at radius 2 is 1.74 bits per heavy atom. The van der Waals surface area contributed by atoms with Crippen LogP contribution in [0.25, 0.3) is 0 Å². The van der Waals surface area contributed by atoms with Gasteiger partial charge in [0.25, 0.3) is 0 Å². The molecule has 0 unspecified atom stereocenters. The first-order valence-electron chi connectivity index (χ1n) is 12.2. The Balaban J connectivity index is 1.38. The molecular weight excluding hydrogens is 448 g/mol. The van der Waals surface area contributed by atoms with Crippen LogP contribution < -0.4 is 20.0 Å². The number of benzene rings is 1. The molecule has 1 saturated carbocycles. The monoisotopic (exact) mass is 482 g/mol. The molecule has 2 fully saturated rings. The minimum Gasteiger partial charge on any atom is -0.454 e. The average molecular weight is 483 g/mol. The fraction of sp³-hybridized carbons (Fsp3) is 0.520. The zero-order valence-electron chi connectivity index (χ0n) is 20.7. The van der Waals surface area contributed by atoms with E-state index in [9.17, 15) is 9.59 Å². The molecular formula is C25H34N6O4. The lowest BCUT2D eigenvalue weighted by atomic mass is 9.89. The van der Waals surface area contributed by atoms with Crippen molar-refractivity contribution in [3.63, 3.8) is 0 Å². The number of ether oxygens (including phenoxy) is 1. The van der Waals surface area contributed by atoms with E-state index in [0.29, 0.717) is 23.1 Å². The lowest BCUT2D eigenvalue weighted by Crippen LogP contribution is -2.45. The maximum absolute atomic E-state index is 12.7. The highest BCUT2D eigenvalue weighted by atomic mass is 16.7. The fourth-order valence-electron chi connectivity index (χ4n) is 4.46. The van der Waals surface area contributed by atoms with Crippen LogP contribution in [0, 0.1) is 12.8 Å². The van der Waals surface area contributed by atoms with Gasteiger partial charge in [-0.25, -0.2) is 14.8 Å². The molecule has 0 spiro atoms. The summed E-state index contributed by atoms with van der Waals surface area (Å²) in [5, 5.41) is 3.55. The van der Waals surface area contributed by atoms with Crippen LogP contribution in [0.1, 0.15) is 37.7 Å². The first-order valence-corrected chi connectivity index (χ1v) is 12.2. The maximum Gasteiger partial charge on any atom is 0.352 e. The summed E-state index contributed by atoms with van der Waals surface area (Å²) in [4.78, 5) is 43.8. The highest BCUT2D eigenvalue weighted by Crippen LogP contribution is 2.29. The number of aryl methyl sites for hydroxylation is 1. The molecule has 35 heavy (non-hydrogen) atoms. The molecule has 3 amide bonds. The highest BCUT2D eigenvalue weighted by Gasteiger charge is 2.26. The Morgan fingerprint density at radius 3 is 2.37 bits per heavy atom. The minimum absolute atomic E-state index is 0.117. The molecule has 1 aromatic carbocycles. The Bertz CT molecular complexity index is 1020. The maximum atomic E-state index is 12.7. The highest BCUT2D eigenvalue weighted by molar-refractivity contribution is 6.02. The van der Waals surface area contributed by atoms with E-state index in [1.54, 1.807) is 30.6 Å². The fourth-order valence-corrected chi connectivity index (χ4v) is 4.46. The van der Waals surface area contributed by atoms with Gasteiger partial charge in [-0.2, -0.15) is 5.06 Å². The predicted molar refractivity (Wildman–Crippen MR) is 133 cm³/mol. The number of aromatic nitrogens is 2. The van der Waals surface area contributed by atoms with E-state index in [1.807, 2.05) is 6.92 Å². The van der Waals surface area contributed by atoms with Gasteiger partial charge in [-0.05, 0) is 50.6 Å². The lowest BCUT2D eigenvalue weighted by molar-refractivity contribution is -0.124. The number of carbonyl (C=O) groups excluding carboxylic acids is 2. The third-order valence-corrected chi connectivity index (χ3v) is 6.59. The van der Waals surface area contributed by atoms with E-state index in [1.165, 1.54) is 7.11 Å². The quantitative estimate of drug-likeness (QED) is 0.625. The van der Waals surface area contributed by atoms with Gasteiger partial charge in [0.15, 0.2) is 5.75 Å². The van der Waals surface area contributed by atoms with Crippen LogP contribution in [0.5, 0.6) is 11.5 Å². The van der Waals surface area contributed by atoms with Crippen LogP contribution in [0.4, 0.5) is 16.4 Å². The van der Waals surface area contributed by atoms with Gasteiger partial charge in [0.05, 0.1) is 25.2 Å². The number of likely N-dealkylation sites (N-methyl/N-ethyl adjacent to an activating group) is 1. The van der Waals surface area contributed by atoms with Crippen molar-refractivity contribution < 1.29 is 19.2 Å². The molecule has 0 bridgehead atoms. The van der Waals surface area contributed by atoms with Crippen molar-refractivity contribution in [2.24, 2.45) is 5.92 Å². The number of hydrogen-bond donors (Lipinski definition) is 1. The molecule has 4 rings (SSSR count). The first kappa shape index (κ1) is 24.9. The van der Waals surface area contributed by atoms with Crippen LogP contribution in [-0.4, -0.2) is 67.1 Å². The second-order valence-electron chi connectivity index (χ2n) is 9.17. The van der Waals surface area contributed by atoms with Crippen LogP contribution in [0.3, 0.4) is 0 Å². The molecule has 10 nitrogen and oxygen atoms in total. The number of piperazine rings is 1. The Morgan fingerprint density at radius 1 is 1.06 bits per heavy atom. The molecule has 1 aliphatic heterocycles. The van der Waals surface area contributed by atoms with Crippen LogP contribution in [-0.2, 0) is 9.63 Å². The number of nitrogens with one attached hydrogen (secondary N) is 1. The van der Waals surface area contributed by atoms with E-state index < -0.39 is 6.03 Å². The molecule has 188 valence electrons. The summed E-state index contributed by atoms with van der Waals surface area (Å²) in [6, 6.07) is 4.62. The molecule has 0 radical (unpaired) electrons. The minimum atomic E-state index is -0.607. The van der Waals surface area contributed by atoms with Gasteiger partial charge in [-0.1, -0.05) is 19.3 Å². The summed E-state index contributed by atoms with van der Waals surface area (Å²) in [5.74, 6) is 1.47. The summed E-state index contributed by atoms with van der Waals surface area (Å²) in [6.07, 6.45) is 8.14. The van der Waals surface area contributed by atoms with E-state index in [-0.39, 0.29) is 11.8 Å². The summed E-state index contributed by atoms with van der Waals surface area (Å²) in [5.41, 5.74) is 1.28. The van der Waals surface area contributed by atoms with Gasteiger partial charge in [-0.3, -0.25) is 14.9 Å². The number of amides is 3. The molecule has 1 N–H and O–H groups in total. The number of hydrogen-bond acceptors (Lipinski definition) is 8. The van der Waals surface area contributed by atoms with Gasteiger partial charge in [0.2, 0.25) is 11.9 Å². The number of hydroxylamine groups is 1. The number of anilines is 2. The second-order valence-corrected chi connectivity index (χ2v) is 9.17. The van der Waals surface area contributed by atoms with Crippen molar-refractivity contribution in [2.75, 3.05) is 50.3 Å². The lowest BCUT2D eigenvalue weighted by Gasteiger charge is -2.32. The van der Waals surface area contributed by atoms with Crippen molar-refractivity contribution in [3.8, 4) is 11.5 Å². The summed E-state index contributed by atoms with van der Waals surface area (Å²) in [6.45, 7) is 5.63. The molecule has 1 saturated heterocycles. The Hall–Kier alpha value is -3.24. The van der Waals surface area contributed by atoms with Gasteiger partial charge in [-0.15, -0.1) is 0 Å². The molecule has 1 aromatic heterocycles. The number of carbonyl (C=O) groups is 2. The smallest absolute Gasteiger partial charge is 0.352 e. The summed E-state index contributed by atoms with van der Waals surface area (Å²) >= 11 is 0. The van der Waals surface area contributed by atoms with Crippen molar-refractivity contribution >= 4 is 23.6 Å². The predicted octanol–water partition coefficient (Wildman–Crippen LogP) is 3.51. The van der Waals surface area contributed by atoms with E-state index in [2.05, 4.69) is 32.1 Å². The molecule has 10 heteroatoms. The number of nitrogens with zero attached hydrogens (tertiary/aromatic N) is 5. The molecule has 2 heterocycles. The summed E-state index contributed by atoms with van der Waals surface area (Å²) in [7, 11) is 3.50. The third-order valence-electron chi connectivity index (χ3n) is 6.59. The van der Waals surface area contributed by atoms with Gasteiger partial charge >= 0.3 is 6.03 Å². The SMILES string of the molecule is CON(C(=O)NC(=O)C1CCCCC1)c1ccc(Oc2cnc(N3CCN(C)CC3)nc2)c(C)c1. The van der Waals surface area contributed by atoms with Crippen LogP contribution >= 0.6 is 0 Å². The van der Waals surface area contributed by atoms with E-state index >= 15 is 0 Å². The Labute approximate surface area is 206 Å². The zero-order valence-corrected chi connectivity index (χ0v) is 20.7. The molecule has 2 aliphatic rings. The van der Waals surface area contributed by atoms with Crippen LogP contribution in [0.15, 0.2) is 30.6 Å². The van der Waals surface area contributed by atoms with Gasteiger partial charge in [0.1, 0.15) is 5.75 Å². The van der Waals surface area contributed by atoms with Crippen LogP contribution in [0.2, 0.25) is 0 Å². The molecule has 2 aromatic rings. The number of rotatable bonds is 6. The Kier molecular flexibility index (Phi) is 8.14. The second kappa shape index (κ2) is 11.5.